The van der Waals surface area contributed by atoms with Gasteiger partial charge in [-0.1, -0.05) is 13.8 Å². The molecule has 132 valence electrons. The van der Waals surface area contributed by atoms with Gasteiger partial charge in [-0.25, -0.2) is 8.78 Å². The molecule has 0 bridgehead atoms. The van der Waals surface area contributed by atoms with Crippen molar-refractivity contribution in [3.05, 3.63) is 18.0 Å². The minimum atomic E-state index is -2.76. The fourth-order valence-electron chi connectivity index (χ4n) is 3.03. The lowest BCUT2D eigenvalue weighted by Gasteiger charge is -2.58. The topological polar surface area (TPSA) is 84.6 Å². The molecule has 0 saturated heterocycles. The van der Waals surface area contributed by atoms with E-state index < -0.39 is 23.3 Å². The van der Waals surface area contributed by atoms with Crippen molar-refractivity contribution in [1.82, 2.24) is 19.8 Å². The van der Waals surface area contributed by atoms with Gasteiger partial charge in [-0.3, -0.25) is 0 Å². The van der Waals surface area contributed by atoms with E-state index >= 15 is 0 Å². The summed E-state index contributed by atoms with van der Waals surface area (Å²) in [6.07, 6.45) is -2.25. The van der Waals surface area contributed by atoms with Crippen LogP contribution in [0.3, 0.4) is 0 Å². The normalized spacial score (nSPS) is 25.9. The van der Waals surface area contributed by atoms with E-state index in [1.807, 2.05) is 20.8 Å². The van der Waals surface area contributed by atoms with Crippen LogP contribution < -0.4 is 5.32 Å². The number of rotatable bonds is 6. The first-order valence-electron chi connectivity index (χ1n) is 7.87. The lowest BCUT2D eigenvalue weighted by atomic mass is 9.56. The van der Waals surface area contributed by atoms with Gasteiger partial charge in [0.1, 0.15) is 5.82 Å². The van der Waals surface area contributed by atoms with E-state index in [0.717, 1.165) is 4.52 Å². The van der Waals surface area contributed by atoms with Crippen molar-refractivity contribution in [1.29, 1.82) is 0 Å². The number of ether oxygens (including phenoxy) is 1. The molecule has 0 amide bonds. The summed E-state index contributed by atoms with van der Waals surface area (Å²) in [5.74, 6) is -0.138. The van der Waals surface area contributed by atoms with Crippen LogP contribution in [0.5, 0.6) is 0 Å². The molecule has 2 N–H and O–H groups in total. The molecular weight excluding hydrogens is 320 g/mol. The fraction of sp³-hybridized carbons (Fsp3) is 0.667. The summed E-state index contributed by atoms with van der Waals surface area (Å²) in [6, 6.07) is 3.17. The molecular formula is C15H21F2N5O2. The highest BCUT2D eigenvalue weighted by Crippen LogP contribution is 2.51. The molecule has 1 aliphatic carbocycles. The van der Waals surface area contributed by atoms with Gasteiger partial charge in [-0.2, -0.15) is 4.52 Å². The Morgan fingerprint density at radius 2 is 2.17 bits per heavy atom. The number of aromatic nitrogens is 4. The molecule has 0 aliphatic heterocycles. The third-order valence-electron chi connectivity index (χ3n) is 4.94. The van der Waals surface area contributed by atoms with Crippen molar-refractivity contribution >= 4 is 11.5 Å². The Bertz CT molecular complexity index is 736. The van der Waals surface area contributed by atoms with Crippen LogP contribution in [0, 0.1) is 5.41 Å². The van der Waals surface area contributed by atoms with Gasteiger partial charge in [0, 0.05) is 25.0 Å². The number of aliphatic hydroxyl groups is 1. The molecule has 9 heteroatoms. The van der Waals surface area contributed by atoms with E-state index in [1.54, 1.807) is 12.1 Å². The van der Waals surface area contributed by atoms with Crippen LogP contribution in [-0.2, 0) is 4.74 Å². The summed E-state index contributed by atoms with van der Waals surface area (Å²) in [6.45, 7) is 6.66. The first-order chi connectivity index (χ1) is 11.3. The highest BCUT2D eigenvalue weighted by molar-refractivity contribution is 5.44. The fourth-order valence-corrected chi connectivity index (χ4v) is 3.03. The molecule has 0 unspecified atom stereocenters. The Labute approximate surface area is 138 Å². The number of alkyl halides is 2. The van der Waals surface area contributed by atoms with Gasteiger partial charge in [-0.15, -0.1) is 15.3 Å². The van der Waals surface area contributed by atoms with Gasteiger partial charge in [0.25, 0.3) is 6.43 Å². The maximum Gasteiger partial charge on any atom is 0.299 e. The van der Waals surface area contributed by atoms with Crippen LogP contribution in [0.1, 0.15) is 39.4 Å². The van der Waals surface area contributed by atoms with Gasteiger partial charge < -0.3 is 15.2 Å². The van der Waals surface area contributed by atoms with E-state index in [9.17, 15) is 13.9 Å². The van der Waals surface area contributed by atoms with Crippen LogP contribution in [0.2, 0.25) is 0 Å². The molecule has 0 spiro atoms. The largest absolute Gasteiger partial charge is 0.387 e. The Morgan fingerprint density at radius 3 is 2.79 bits per heavy atom. The second-order valence-electron chi connectivity index (χ2n) is 6.60. The first kappa shape index (κ1) is 17.0. The SMILES string of the molecule is CCO[C@@H]1C[C@@](O)(CNc2ccc3nnc(C(F)F)n3n2)C1(C)C. The average molecular weight is 341 g/mol. The van der Waals surface area contributed by atoms with Gasteiger partial charge in [-0.05, 0) is 19.1 Å². The predicted octanol–water partition coefficient (Wildman–Crippen LogP) is 2.04. The summed E-state index contributed by atoms with van der Waals surface area (Å²) in [7, 11) is 0. The Balaban J connectivity index is 1.73. The summed E-state index contributed by atoms with van der Waals surface area (Å²) in [4.78, 5) is 0. The molecule has 2 aromatic heterocycles. The predicted molar refractivity (Wildman–Crippen MR) is 83.0 cm³/mol. The average Bonchev–Trinajstić information content (AvgIpc) is 2.96. The molecule has 1 aliphatic rings. The molecule has 7 nitrogen and oxygen atoms in total. The number of fused-ring (bicyclic) bond motifs is 1. The standard InChI is InChI=1S/C15H21F2N5O2/c1-4-24-9-7-15(23,14(9,2)3)8-18-10-5-6-11-19-20-13(12(16)17)22(11)21-10/h5-6,9,12,23H,4,7-8H2,1-3H3,(H,18,21)/t9-,15-/m1/s1. The van der Waals surface area contributed by atoms with Gasteiger partial charge in [0.2, 0.25) is 5.82 Å². The highest BCUT2D eigenvalue weighted by atomic mass is 19.3. The van der Waals surface area contributed by atoms with Crippen LogP contribution in [0.25, 0.3) is 5.65 Å². The molecule has 0 radical (unpaired) electrons. The van der Waals surface area contributed by atoms with Crippen LogP contribution in [0.4, 0.5) is 14.6 Å². The first-order valence-corrected chi connectivity index (χ1v) is 7.87. The van der Waals surface area contributed by atoms with Crippen LogP contribution in [-0.4, -0.2) is 49.8 Å². The molecule has 3 rings (SSSR count). The monoisotopic (exact) mass is 341 g/mol. The van der Waals surface area contributed by atoms with Crippen molar-refractivity contribution in [2.45, 2.75) is 45.3 Å². The van der Waals surface area contributed by atoms with E-state index in [-0.39, 0.29) is 18.3 Å². The van der Waals surface area contributed by atoms with Crippen LogP contribution in [0.15, 0.2) is 12.1 Å². The Morgan fingerprint density at radius 1 is 1.42 bits per heavy atom. The summed E-state index contributed by atoms with van der Waals surface area (Å²) >= 11 is 0. The van der Waals surface area contributed by atoms with E-state index in [2.05, 4.69) is 20.6 Å². The highest BCUT2D eigenvalue weighted by Gasteiger charge is 2.59. The van der Waals surface area contributed by atoms with Crippen molar-refractivity contribution in [3.8, 4) is 0 Å². The second kappa shape index (κ2) is 5.89. The van der Waals surface area contributed by atoms with Crippen molar-refractivity contribution in [2.75, 3.05) is 18.5 Å². The number of halogens is 2. The van der Waals surface area contributed by atoms with E-state index in [1.165, 1.54) is 0 Å². The number of anilines is 1. The lowest BCUT2D eigenvalue weighted by molar-refractivity contribution is -0.233. The molecule has 2 aromatic rings. The second-order valence-corrected chi connectivity index (χ2v) is 6.60. The molecule has 1 saturated carbocycles. The number of nitrogens with one attached hydrogen (secondary N) is 1. The van der Waals surface area contributed by atoms with E-state index in [4.69, 9.17) is 4.74 Å². The Hall–Kier alpha value is -1.87. The van der Waals surface area contributed by atoms with Crippen molar-refractivity contribution in [3.63, 3.8) is 0 Å². The summed E-state index contributed by atoms with van der Waals surface area (Å²) in [5, 5.41) is 25.0. The smallest absolute Gasteiger partial charge is 0.299 e. The van der Waals surface area contributed by atoms with Crippen molar-refractivity contribution in [2.24, 2.45) is 5.41 Å². The molecule has 1 fully saturated rings. The molecule has 2 atom stereocenters. The molecule has 24 heavy (non-hydrogen) atoms. The van der Waals surface area contributed by atoms with Crippen molar-refractivity contribution < 1.29 is 18.6 Å². The Kier molecular flexibility index (Phi) is 4.16. The van der Waals surface area contributed by atoms with E-state index in [0.29, 0.717) is 18.8 Å². The quantitative estimate of drug-likeness (QED) is 0.836. The maximum absolute atomic E-state index is 12.9. The van der Waals surface area contributed by atoms with Gasteiger partial charge >= 0.3 is 0 Å². The number of hydrogen-bond acceptors (Lipinski definition) is 6. The summed E-state index contributed by atoms with van der Waals surface area (Å²) < 4.78 is 32.4. The van der Waals surface area contributed by atoms with Gasteiger partial charge in [0.15, 0.2) is 5.65 Å². The minimum absolute atomic E-state index is 0.00646. The van der Waals surface area contributed by atoms with Crippen LogP contribution >= 0.6 is 0 Å². The zero-order valence-corrected chi connectivity index (χ0v) is 13.8. The zero-order valence-electron chi connectivity index (χ0n) is 13.8. The van der Waals surface area contributed by atoms with Gasteiger partial charge in [0.05, 0.1) is 11.7 Å². The zero-order chi connectivity index (χ0) is 17.5. The number of nitrogens with zero attached hydrogens (tertiary/aromatic N) is 4. The minimum Gasteiger partial charge on any atom is -0.387 e. The molecule has 0 aromatic carbocycles. The summed E-state index contributed by atoms with van der Waals surface area (Å²) in [5.41, 5.74) is -1.12. The molecule has 2 heterocycles. The number of hydrogen-bond donors (Lipinski definition) is 2. The third-order valence-corrected chi connectivity index (χ3v) is 4.94. The lowest BCUT2D eigenvalue weighted by Crippen LogP contribution is -2.67. The third kappa shape index (κ3) is 2.61. The maximum atomic E-state index is 12.9.